The average molecular weight is 338 g/mol. The van der Waals surface area contributed by atoms with Crippen molar-refractivity contribution < 1.29 is 19.1 Å². The molecule has 0 spiro atoms. The van der Waals surface area contributed by atoms with Gasteiger partial charge in [0.25, 0.3) is 0 Å². The first-order valence-corrected chi connectivity index (χ1v) is 9.11. The molecular weight excluding hydrogens is 308 g/mol. The fraction of sp³-hybridized carbons (Fsp3) is 0.889. The monoisotopic (exact) mass is 338 g/mol. The van der Waals surface area contributed by atoms with Crippen molar-refractivity contribution in [2.45, 2.75) is 33.6 Å². The smallest absolute Gasteiger partial charge is 0.229 e. The van der Waals surface area contributed by atoms with Crippen LogP contribution in [0.3, 0.4) is 0 Å². The molecule has 2 heterocycles. The molecule has 3 rings (SSSR count). The van der Waals surface area contributed by atoms with Gasteiger partial charge < -0.3 is 19.3 Å². The molecule has 6 heteroatoms. The lowest BCUT2D eigenvalue weighted by molar-refractivity contribution is -0.155. The molecule has 136 valence electrons. The number of rotatable bonds is 2. The Labute approximate surface area is 144 Å². The predicted molar refractivity (Wildman–Crippen MR) is 89.4 cm³/mol. The van der Waals surface area contributed by atoms with Gasteiger partial charge >= 0.3 is 0 Å². The molecule has 3 fully saturated rings. The van der Waals surface area contributed by atoms with Crippen LogP contribution in [0.2, 0.25) is 0 Å². The number of morpholine rings is 2. The summed E-state index contributed by atoms with van der Waals surface area (Å²) in [5.41, 5.74) is -0.839. The topological polar surface area (TPSA) is 59.1 Å². The van der Waals surface area contributed by atoms with Crippen LogP contribution in [0.15, 0.2) is 0 Å². The van der Waals surface area contributed by atoms with Crippen LogP contribution in [0.25, 0.3) is 0 Å². The maximum Gasteiger partial charge on any atom is 0.229 e. The van der Waals surface area contributed by atoms with E-state index in [4.69, 9.17) is 9.47 Å². The minimum Gasteiger partial charge on any atom is -0.378 e. The number of nitrogens with zero attached hydrogens (tertiary/aromatic N) is 2. The quantitative estimate of drug-likeness (QED) is 0.758. The normalized spacial score (nSPS) is 33.5. The summed E-state index contributed by atoms with van der Waals surface area (Å²) >= 11 is 0. The Kier molecular flexibility index (Phi) is 4.89. The van der Waals surface area contributed by atoms with Crippen molar-refractivity contribution in [2.75, 3.05) is 52.6 Å². The first-order valence-electron chi connectivity index (χ1n) is 9.11. The highest BCUT2D eigenvalue weighted by Crippen LogP contribution is 2.57. The van der Waals surface area contributed by atoms with E-state index in [9.17, 15) is 9.59 Å². The minimum absolute atomic E-state index is 0.0920. The molecule has 6 nitrogen and oxygen atoms in total. The Hall–Kier alpha value is -1.14. The zero-order chi connectivity index (χ0) is 17.4. The standard InChI is InChI=1S/C18H30N2O4/c1-17(2)14(15(21)19-6-10-23-11-7-19)4-5-18(17,3)16(22)20-8-12-24-13-9-20/h14H,4-13H2,1-3H3/t14-,18-/m1/s1. The largest absolute Gasteiger partial charge is 0.378 e. The Morgan fingerprint density at radius 3 is 1.92 bits per heavy atom. The third-order valence-corrected chi connectivity index (χ3v) is 6.62. The Morgan fingerprint density at radius 1 is 0.875 bits per heavy atom. The van der Waals surface area contributed by atoms with Crippen LogP contribution in [0.5, 0.6) is 0 Å². The molecule has 2 aliphatic heterocycles. The van der Waals surface area contributed by atoms with Crippen LogP contribution in [0.1, 0.15) is 33.6 Å². The summed E-state index contributed by atoms with van der Waals surface area (Å²) in [6.07, 6.45) is 1.56. The molecule has 1 saturated carbocycles. The van der Waals surface area contributed by atoms with E-state index in [0.29, 0.717) is 52.6 Å². The van der Waals surface area contributed by atoms with E-state index >= 15 is 0 Å². The lowest BCUT2D eigenvalue weighted by Gasteiger charge is -2.44. The maximum atomic E-state index is 13.2. The molecule has 2 amide bonds. The zero-order valence-corrected chi connectivity index (χ0v) is 15.2. The van der Waals surface area contributed by atoms with Crippen molar-refractivity contribution in [3.05, 3.63) is 0 Å². The zero-order valence-electron chi connectivity index (χ0n) is 15.2. The second kappa shape index (κ2) is 6.64. The SMILES string of the molecule is CC1(C)[C@@H](C(=O)N2CCOCC2)CC[C@]1(C)C(=O)N1CCOCC1. The van der Waals surface area contributed by atoms with Gasteiger partial charge in [-0.2, -0.15) is 0 Å². The molecule has 0 unspecified atom stereocenters. The van der Waals surface area contributed by atoms with E-state index in [2.05, 4.69) is 20.8 Å². The lowest BCUT2D eigenvalue weighted by Crippen LogP contribution is -2.54. The molecule has 2 atom stereocenters. The van der Waals surface area contributed by atoms with E-state index in [-0.39, 0.29) is 23.1 Å². The van der Waals surface area contributed by atoms with E-state index in [1.807, 2.05) is 9.80 Å². The van der Waals surface area contributed by atoms with Crippen LogP contribution < -0.4 is 0 Å². The second-order valence-electron chi connectivity index (χ2n) is 7.99. The minimum atomic E-state index is -0.489. The van der Waals surface area contributed by atoms with Gasteiger partial charge in [-0.3, -0.25) is 9.59 Å². The van der Waals surface area contributed by atoms with Gasteiger partial charge in [0.1, 0.15) is 0 Å². The molecule has 0 N–H and O–H groups in total. The van der Waals surface area contributed by atoms with Crippen molar-refractivity contribution in [2.24, 2.45) is 16.7 Å². The molecule has 0 aromatic rings. The Morgan fingerprint density at radius 2 is 1.38 bits per heavy atom. The van der Waals surface area contributed by atoms with Gasteiger partial charge in [0, 0.05) is 32.1 Å². The van der Waals surface area contributed by atoms with Crippen LogP contribution in [0, 0.1) is 16.7 Å². The van der Waals surface area contributed by atoms with Crippen molar-refractivity contribution in [3.8, 4) is 0 Å². The van der Waals surface area contributed by atoms with Gasteiger partial charge in [0.05, 0.1) is 31.8 Å². The van der Waals surface area contributed by atoms with Gasteiger partial charge in [0.15, 0.2) is 0 Å². The van der Waals surface area contributed by atoms with E-state index < -0.39 is 5.41 Å². The lowest BCUT2D eigenvalue weighted by atomic mass is 9.64. The van der Waals surface area contributed by atoms with Gasteiger partial charge in [0.2, 0.25) is 11.8 Å². The van der Waals surface area contributed by atoms with E-state index in [0.717, 1.165) is 12.8 Å². The van der Waals surface area contributed by atoms with Gasteiger partial charge in [-0.1, -0.05) is 20.8 Å². The number of hydrogen-bond donors (Lipinski definition) is 0. The highest BCUT2D eigenvalue weighted by atomic mass is 16.5. The summed E-state index contributed by atoms with van der Waals surface area (Å²) in [4.78, 5) is 30.1. The molecule has 1 aliphatic carbocycles. The number of carbonyl (C=O) groups excluding carboxylic acids is 2. The highest BCUT2D eigenvalue weighted by Gasteiger charge is 2.59. The molecule has 0 aromatic heterocycles. The molecule has 0 bridgehead atoms. The average Bonchev–Trinajstić information content (AvgIpc) is 2.86. The number of hydrogen-bond acceptors (Lipinski definition) is 4. The maximum absolute atomic E-state index is 13.2. The van der Waals surface area contributed by atoms with Gasteiger partial charge in [-0.05, 0) is 18.3 Å². The van der Waals surface area contributed by atoms with Crippen LogP contribution in [0.4, 0.5) is 0 Å². The molecule has 2 saturated heterocycles. The first kappa shape index (κ1) is 17.7. The fourth-order valence-corrected chi connectivity index (χ4v) is 4.43. The van der Waals surface area contributed by atoms with E-state index in [1.54, 1.807) is 0 Å². The summed E-state index contributed by atoms with van der Waals surface area (Å²) in [6, 6.07) is 0. The summed E-state index contributed by atoms with van der Waals surface area (Å²) < 4.78 is 10.7. The summed E-state index contributed by atoms with van der Waals surface area (Å²) in [6.45, 7) is 11.3. The number of ether oxygens (including phenoxy) is 2. The van der Waals surface area contributed by atoms with Crippen molar-refractivity contribution in [3.63, 3.8) is 0 Å². The van der Waals surface area contributed by atoms with Crippen LogP contribution >= 0.6 is 0 Å². The van der Waals surface area contributed by atoms with E-state index in [1.165, 1.54) is 0 Å². The third kappa shape index (κ3) is 2.84. The Bertz CT molecular complexity index is 495. The van der Waals surface area contributed by atoms with Gasteiger partial charge in [-0.25, -0.2) is 0 Å². The molecule has 3 aliphatic rings. The van der Waals surface area contributed by atoms with Crippen molar-refractivity contribution >= 4 is 11.8 Å². The summed E-state index contributed by atoms with van der Waals surface area (Å²) in [7, 11) is 0. The second-order valence-corrected chi connectivity index (χ2v) is 7.99. The fourth-order valence-electron chi connectivity index (χ4n) is 4.43. The molecule has 0 aromatic carbocycles. The highest BCUT2D eigenvalue weighted by molar-refractivity contribution is 5.87. The molecule has 0 radical (unpaired) electrons. The Balaban J connectivity index is 1.76. The number of carbonyl (C=O) groups is 2. The van der Waals surface area contributed by atoms with Crippen molar-refractivity contribution in [1.82, 2.24) is 9.80 Å². The van der Waals surface area contributed by atoms with Crippen LogP contribution in [-0.2, 0) is 19.1 Å². The third-order valence-electron chi connectivity index (χ3n) is 6.62. The predicted octanol–water partition coefficient (Wildman–Crippen LogP) is 1.15. The molecule has 24 heavy (non-hydrogen) atoms. The van der Waals surface area contributed by atoms with Crippen LogP contribution in [-0.4, -0.2) is 74.2 Å². The summed E-state index contributed by atoms with van der Waals surface area (Å²) in [5, 5.41) is 0. The number of amides is 2. The first-order chi connectivity index (χ1) is 11.4. The molecular formula is C18H30N2O4. The van der Waals surface area contributed by atoms with Crippen molar-refractivity contribution in [1.29, 1.82) is 0 Å². The summed E-state index contributed by atoms with van der Waals surface area (Å²) in [5.74, 6) is 0.292. The van der Waals surface area contributed by atoms with Gasteiger partial charge in [-0.15, -0.1) is 0 Å².